The van der Waals surface area contributed by atoms with Crippen molar-refractivity contribution in [1.29, 1.82) is 0 Å². The maximum absolute atomic E-state index is 13.9. The lowest BCUT2D eigenvalue weighted by molar-refractivity contribution is -0.135. The van der Waals surface area contributed by atoms with Gasteiger partial charge in [0.05, 0.1) is 58.7 Å². The van der Waals surface area contributed by atoms with Gasteiger partial charge in [-0.05, 0) is 57.6 Å². The molecular weight excluding hydrogens is 1000 g/mol. The molecule has 4 amide bonds. The number of carbonyl (C=O) groups excluding carboxylic acids is 7. The minimum atomic E-state index is -1.17. The first-order valence-corrected chi connectivity index (χ1v) is 27.9. The molecule has 1 aromatic carbocycles. The molecule has 0 saturated carbocycles. The van der Waals surface area contributed by atoms with Crippen molar-refractivity contribution in [2.45, 2.75) is 134 Å². The number of esters is 1. The van der Waals surface area contributed by atoms with Crippen LogP contribution in [0.2, 0.25) is 0 Å². The van der Waals surface area contributed by atoms with Crippen LogP contribution in [-0.2, 0) is 62.0 Å². The Bertz CT molecular complexity index is 1910. The third-order valence-corrected chi connectivity index (χ3v) is 14.0. The second-order valence-electron chi connectivity index (χ2n) is 18.3. The first kappa shape index (κ1) is 68.1. The second-order valence-corrected chi connectivity index (χ2v) is 21.5. The first-order chi connectivity index (χ1) is 36.0. The summed E-state index contributed by atoms with van der Waals surface area (Å²) in [7, 11) is 3.07. The molecule has 1 unspecified atom stereocenters. The van der Waals surface area contributed by atoms with Crippen molar-refractivity contribution in [3.05, 3.63) is 29.8 Å². The van der Waals surface area contributed by atoms with Crippen LogP contribution >= 0.6 is 21.6 Å². The lowest BCUT2D eigenvalue weighted by Gasteiger charge is -2.35. The fourth-order valence-corrected chi connectivity index (χ4v) is 9.28. The number of hydrogen-bond donors (Lipinski definition) is 4. The lowest BCUT2D eigenvalue weighted by atomic mass is 9.82. The number of benzene rings is 1. The van der Waals surface area contributed by atoms with Gasteiger partial charge in [0.2, 0.25) is 23.6 Å². The van der Waals surface area contributed by atoms with Crippen molar-refractivity contribution in [3.63, 3.8) is 0 Å². The van der Waals surface area contributed by atoms with Gasteiger partial charge in [0.1, 0.15) is 31.4 Å². The van der Waals surface area contributed by atoms with E-state index in [4.69, 9.17) is 52.4 Å². The summed E-state index contributed by atoms with van der Waals surface area (Å²) in [4.78, 5) is 92.6. The van der Waals surface area contributed by atoms with Crippen LogP contribution in [0, 0.1) is 44.0 Å². The topological polar surface area (TPSA) is 232 Å². The summed E-state index contributed by atoms with van der Waals surface area (Å²) in [6, 6.07) is 6.35. The molecule has 1 rings (SSSR count). The predicted molar refractivity (Wildman–Crippen MR) is 292 cm³/mol. The normalized spacial score (nSPS) is 12.2. The highest BCUT2D eigenvalue weighted by Crippen LogP contribution is 2.35. The number of aryl methyl sites for hydroxylation is 1. The highest BCUT2D eigenvalue weighted by atomic mass is 33.1. The maximum atomic E-state index is 13.9. The van der Waals surface area contributed by atoms with Crippen LogP contribution in [0.25, 0.3) is 0 Å². The fourth-order valence-electron chi connectivity index (χ4n) is 6.78. The summed E-state index contributed by atoms with van der Waals surface area (Å²) in [5.41, 5.74) is -0.127. The van der Waals surface area contributed by atoms with Gasteiger partial charge >= 0.3 is 5.97 Å². The van der Waals surface area contributed by atoms with Crippen LogP contribution in [-0.4, -0.2) is 156 Å². The summed E-state index contributed by atoms with van der Waals surface area (Å²) in [6.45, 7) is 11.3. The van der Waals surface area contributed by atoms with Crippen LogP contribution in [0.3, 0.4) is 0 Å². The monoisotopic (exact) mass is 1090 g/mol. The van der Waals surface area contributed by atoms with Gasteiger partial charge in [-0.25, -0.2) is 0 Å². The zero-order valence-electron chi connectivity index (χ0n) is 44.7. The number of ketones is 2. The minimum Gasteiger partial charge on any atom is -0.426 e. The SMILES string of the molecule is C#CCOCCNC(=O)CCC(CCC(=O)CCCOCCOCC#C)(CCC(=O)NCCOCCOCC#C)NC(=O)CCCC(=O)N[C@@H](CSSC(C)(C)C)C(=O)CCCOCCC(=O)Oc1ccc(C)cc1. The molecule has 20 heteroatoms. The Hall–Kier alpha value is -4.95. The van der Waals surface area contributed by atoms with Gasteiger partial charge in [-0.15, -0.1) is 19.3 Å². The van der Waals surface area contributed by atoms with Gasteiger partial charge in [0.25, 0.3) is 0 Å². The van der Waals surface area contributed by atoms with Crippen molar-refractivity contribution in [3.8, 4) is 42.8 Å². The van der Waals surface area contributed by atoms with E-state index in [0.29, 0.717) is 50.8 Å². The summed E-state index contributed by atoms with van der Waals surface area (Å²) in [6.07, 6.45) is 17.1. The molecule has 0 aliphatic heterocycles. The first-order valence-electron chi connectivity index (χ1n) is 25.5. The van der Waals surface area contributed by atoms with Crippen LogP contribution in [0.1, 0.15) is 116 Å². The molecule has 0 aliphatic rings. The predicted octanol–water partition coefficient (Wildman–Crippen LogP) is 5.25. The number of nitrogens with one attached hydrogen (secondary N) is 4. The second kappa shape index (κ2) is 43.2. The summed E-state index contributed by atoms with van der Waals surface area (Å²) < 4.78 is 37.6. The third-order valence-electron chi connectivity index (χ3n) is 10.6. The fraction of sp³-hybridized carbons (Fsp3) is 0.655. The standard InChI is InChI=1S/C55H82N4O14S2/c1-8-31-67-37-29-56-49(62)23-27-55(26-22-45(60)14-12-34-71-41-39-68-32-9-2,28-24-50(63)57-30-38-72-42-40-69-33-10-3)59-52(65)17-11-16-51(64)58-47(43-74-75-54(5,6)7)48(61)15-13-35-70-36-25-53(66)73-46-20-18-44(4)19-21-46/h1-3,18-21,47H,11-17,22-43H2,4-7H3,(H,56,62)(H,57,63)(H,58,64)(H,59,65)/t47-,55?/m0/s1. The molecule has 1 aromatic rings. The molecule has 0 saturated heterocycles. The van der Waals surface area contributed by atoms with Crippen molar-refractivity contribution in [2.75, 3.05) is 98.1 Å². The molecule has 0 heterocycles. The zero-order valence-corrected chi connectivity index (χ0v) is 46.3. The molecule has 0 aliphatic carbocycles. The number of carbonyl (C=O) groups is 7. The van der Waals surface area contributed by atoms with Crippen LogP contribution < -0.4 is 26.0 Å². The van der Waals surface area contributed by atoms with E-state index >= 15 is 0 Å². The van der Waals surface area contributed by atoms with Gasteiger partial charge in [-0.2, -0.15) is 0 Å². The highest BCUT2D eigenvalue weighted by molar-refractivity contribution is 8.77. The molecular formula is C55H82N4O14S2. The largest absolute Gasteiger partial charge is 0.426 e. The van der Waals surface area contributed by atoms with Crippen molar-refractivity contribution in [1.82, 2.24) is 21.3 Å². The Labute approximate surface area is 453 Å². The molecule has 0 aromatic heterocycles. The minimum absolute atomic E-state index is 0.0446. The number of ether oxygens (including phenoxy) is 7. The molecule has 18 nitrogen and oxygen atoms in total. The highest BCUT2D eigenvalue weighted by Gasteiger charge is 2.34. The average molecular weight is 1090 g/mol. The van der Waals surface area contributed by atoms with E-state index in [-0.39, 0.29) is 171 Å². The van der Waals surface area contributed by atoms with Gasteiger partial charge < -0.3 is 54.4 Å². The molecule has 2 atom stereocenters. The zero-order chi connectivity index (χ0) is 55.4. The van der Waals surface area contributed by atoms with Crippen LogP contribution in [0.15, 0.2) is 24.3 Å². The number of hydrogen-bond acceptors (Lipinski definition) is 16. The van der Waals surface area contributed by atoms with Crippen LogP contribution in [0.4, 0.5) is 0 Å². The van der Waals surface area contributed by atoms with E-state index in [1.54, 1.807) is 22.9 Å². The van der Waals surface area contributed by atoms with E-state index in [0.717, 1.165) is 5.56 Å². The Morgan fingerprint density at radius 1 is 0.560 bits per heavy atom. The smallest absolute Gasteiger partial charge is 0.313 e. The third kappa shape index (κ3) is 39.1. The van der Waals surface area contributed by atoms with E-state index in [1.165, 1.54) is 10.8 Å². The Kier molecular flexibility index (Phi) is 39.2. The molecule has 0 bridgehead atoms. The van der Waals surface area contributed by atoms with Gasteiger partial charge in [0, 0.05) is 87.3 Å². The molecule has 0 radical (unpaired) electrons. The number of terminal acetylenes is 3. The van der Waals surface area contributed by atoms with Crippen molar-refractivity contribution in [2.24, 2.45) is 0 Å². The molecule has 0 spiro atoms. The Morgan fingerprint density at radius 3 is 1.65 bits per heavy atom. The number of Topliss-reactive ketones (excluding diaryl/α,β-unsaturated/α-hetero) is 2. The summed E-state index contributed by atoms with van der Waals surface area (Å²) in [5, 5.41) is 11.5. The van der Waals surface area contributed by atoms with E-state index in [9.17, 15) is 33.6 Å². The molecule has 0 fully saturated rings. The van der Waals surface area contributed by atoms with Crippen LogP contribution in [0.5, 0.6) is 5.75 Å². The molecule has 4 N–H and O–H groups in total. The number of rotatable bonds is 46. The Balaban J connectivity index is 3.04. The van der Waals surface area contributed by atoms with Gasteiger partial charge in [0.15, 0.2) is 5.78 Å². The summed E-state index contributed by atoms with van der Waals surface area (Å²) >= 11 is 0. The Morgan fingerprint density at radius 2 is 1.07 bits per heavy atom. The van der Waals surface area contributed by atoms with Gasteiger partial charge in [-0.1, -0.05) is 77.8 Å². The molecule has 418 valence electrons. The van der Waals surface area contributed by atoms with Crippen molar-refractivity contribution >= 4 is 62.8 Å². The quantitative estimate of drug-likeness (QED) is 0.0215. The summed E-state index contributed by atoms with van der Waals surface area (Å²) in [5.74, 6) is 5.70. The average Bonchev–Trinajstić information content (AvgIpc) is 3.36. The van der Waals surface area contributed by atoms with E-state index in [1.807, 2.05) is 39.8 Å². The van der Waals surface area contributed by atoms with Crippen molar-refractivity contribution < 1.29 is 66.7 Å². The number of amides is 4. The van der Waals surface area contributed by atoms with Gasteiger partial charge in [-0.3, -0.25) is 33.6 Å². The maximum Gasteiger partial charge on any atom is 0.313 e. The lowest BCUT2D eigenvalue weighted by Crippen LogP contribution is -2.50. The molecule has 75 heavy (non-hydrogen) atoms. The van der Waals surface area contributed by atoms with E-state index in [2.05, 4.69) is 39.0 Å². The van der Waals surface area contributed by atoms with E-state index < -0.39 is 29.4 Å².